The highest BCUT2D eigenvalue weighted by Crippen LogP contribution is 2.36. The fourth-order valence-corrected chi connectivity index (χ4v) is 2.95. The van der Waals surface area contributed by atoms with Gasteiger partial charge in [0.1, 0.15) is 5.75 Å². The number of carboxylic acids is 1. The molecule has 0 bridgehead atoms. The minimum absolute atomic E-state index is 0.503. The third kappa shape index (κ3) is 2.20. The fourth-order valence-electron chi connectivity index (χ4n) is 1.97. The third-order valence-electron chi connectivity index (χ3n) is 3.07. The molecule has 1 aromatic carbocycles. The third-order valence-corrected chi connectivity index (χ3v) is 4.07. The number of benzene rings is 1. The van der Waals surface area contributed by atoms with Crippen molar-refractivity contribution in [2.45, 2.75) is 20.3 Å². The second-order valence-corrected chi connectivity index (χ2v) is 5.87. The van der Waals surface area contributed by atoms with Crippen LogP contribution in [0.4, 0.5) is 0 Å². The second kappa shape index (κ2) is 4.61. The topological polar surface area (TPSA) is 46.5 Å². The Labute approximate surface area is 110 Å². The molecular formula is C14H16O3S. The van der Waals surface area contributed by atoms with Crippen LogP contribution < -0.4 is 4.74 Å². The van der Waals surface area contributed by atoms with Crippen molar-refractivity contribution in [1.82, 2.24) is 0 Å². The van der Waals surface area contributed by atoms with Gasteiger partial charge in [0.25, 0.3) is 0 Å². The van der Waals surface area contributed by atoms with E-state index < -0.39 is 11.4 Å². The van der Waals surface area contributed by atoms with Crippen molar-refractivity contribution in [3.8, 4) is 5.75 Å². The Morgan fingerprint density at radius 3 is 2.78 bits per heavy atom. The van der Waals surface area contributed by atoms with Gasteiger partial charge in [0.05, 0.1) is 12.5 Å². The molecule has 0 aliphatic heterocycles. The van der Waals surface area contributed by atoms with Gasteiger partial charge in [0.15, 0.2) is 0 Å². The number of ether oxygens (including phenoxy) is 1. The molecule has 96 valence electrons. The second-order valence-electron chi connectivity index (χ2n) is 4.96. The number of hydrogen-bond acceptors (Lipinski definition) is 3. The van der Waals surface area contributed by atoms with Gasteiger partial charge in [-0.2, -0.15) is 0 Å². The Morgan fingerprint density at radius 1 is 1.44 bits per heavy atom. The smallest absolute Gasteiger partial charge is 0.309 e. The van der Waals surface area contributed by atoms with Crippen molar-refractivity contribution >= 4 is 27.4 Å². The Balaban J connectivity index is 2.49. The molecule has 0 aliphatic carbocycles. The molecule has 0 aliphatic rings. The molecule has 0 radical (unpaired) electrons. The van der Waals surface area contributed by atoms with Gasteiger partial charge in [0, 0.05) is 10.1 Å². The molecule has 0 fully saturated rings. The molecule has 1 heterocycles. The fraction of sp³-hybridized carbons (Fsp3) is 0.357. The Bertz CT molecular complexity index is 584. The Morgan fingerprint density at radius 2 is 2.17 bits per heavy atom. The molecule has 1 N–H and O–H groups in total. The summed E-state index contributed by atoms with van der Waals surface area (Å²) in [6.45, 7) is 3.49. The first-order valence-electron chi connectivity index (χ1n) is 5.72. The highest BCUT2D eigenvalue weighted by atomic mass is 32.1. The van der Waals surface area contributed by atoms with Crippen molar-refractivity contribution < 1.29 is 14.6 Å². The zero-order chi connectivity index (χ0) is 13.3. The zero-order valence-electron chi connectivity index (χ0n) is 10.7. The molecule has 0 spiro atoms. The molecule has 0 atom stereocenters. The molecule has 4 heteroatoms. The van der Waals surface area contributed by atoms with E-state index in [2.05, 4.69) is 0 Å². The first kappa shape index (κ1) is 12.9. The number of aliphatic carboxylic acids is 1. The van der Waals surface area contributed by atoms with Gasteiger partial charge < -0.3 is 9.84 Å². The van der Waals surface area contributed by atoms with E-state index in [1.165, 1.54) is 0 Å². The molecule has 1 aromatic heterocycles. The van der Waals surface area contributed by atoms with Crippen LogP contribution in [0.15, 0.2) is 23.6 Å². The van der Waals surface area contributed by atoms with Crippen molar-refractivity contribution in [1.29, 1.82) is 0 Å². The highest BCUT2D eigenvalue weighted by Gasteiger charge is 2.28. The average molecular weight is 264 g/mol. The lowest BCUT2D eigenvalue weighted by atomic mass is 9.86. The quantitative estimate of drug-likeness (QED) is 0.918. The predicted octanol–water partition coefficient (Wildman–Crippen LogP) is 3.56. The van der Waals surface area contributed by atoms with Gasteiger partial charge in [0.2, 0.25) is 0 Å². The van der Waals surface area contributed by atoms with Gasteiger partial charge in [-0.05, 0) is 43.3 Å². The van der Waals surface area contributed by atoms with Crippen LogP contribution in [0.3, 0.4) is 0 Å². The molecule has 2 aromatic rings. The standard InChI is InChI=1S/C14H16O3S/c1-14(2,13(15)16)7-9-8-18-11-6-4-5-10(17-3)12(9)11/h4-6,8H,7H2,1-3H3,(H,15,16). The van der Waals surface area contributed by atoms with E-state index in [-0.39, 0.29) is 0 Å². The summed E-state index contributed by atoms with van der Waals surface area (Å²) in [5, 5.41) is 12.3. The number of carbonyl (C=O) groups is 1. The minimum Gasteiger partial charge on any atom is -0.496 e. The van der Waals surface area contributed by atoms with Crippen LogP contribution in [-0.2, 0) is 11.2 Å². The molecular weight excluding hydrogens is 248 g/mol. The van der Waals surface area contributed by atoms with E-state index >= 15 is 0 Å². The van der Waals surface area contributed by atoms with E-state index in [9.17, 15) is 9.90 Å². The number of carboxylic acid groups (broad SMARTS) is 1. The van der Waals surface area contributed by atoms with Crippen LogP contribution in [0.2, 0.25) is 0 Å². The summed E-state index contributed by atoms with van der Waals surface area (Å²) in [6.07, 6.45) is 0.503. The minimum atomic E-state index is -0.781. The van der Waals surface area contributed by atoms with Crippen molar-refractivity contribution in [2.75, 3.05) is 7.11 Å². The van der Waals surface area contributed by atoms with Crippen LogP contribution >= 0.6 is 11.3 Å². The van der Waals surface area contributed by atoms with Gasteiger partial charge in [-0.15, -0.1) is 11.3 Å². The average Bonchev–Trinajstić information content (AvgIpc) is 2.71. The van der Waals surface area contributed by atoms with E-state index in [1.807, 2.05) is 23.6 Å². The first-order chi connectivity index (χ1) is 8.45. The Kier molecular flexibility index (Phi) is 3.30. The van der Waals surface area contributed by atoms with Crippen LogP contribution in [-0.4, -0.2) is 18.2 Å². The predicted molar refractivity (Wildman–Crippen MR) is 73.5 cm³/mol. The van der Waals surface area contributed by atoms with E-state index in [0.717, 1.165) is 21.4 Å². The summed E-state index contributed by atoms with van der Waals surface area (Å²) < 4.78 is 6.49. The van der Waals surface area contributed by atoms with Crippen LogP contribution in [0.25, 0.3) is 10.1 Å². The monoisotopic (exact) mass is 264 g/mol. The van der Waals surface area contributed by atoms with Crippen molar-refractivity contribution in [3.05, 3.63) is 29.1 Å². The van der Waals surface area contributed by atoms with Crippen LogP contribution in [0.5, 0.6) is 5.75 Å². The summed E-state index contributed by atoms with van der Waals surface area (Å²) in [6, 6.07) is 5.88. The lowest BCUT2D eigenvalue weighted by Gasteiger charge is -2.18. The zero-order valence-corrected chi connectivity index (χ0v) is 11.5. The SMILES string of the molecule is COc1cccc2scc(CC(C)(C)C(=O)O)c12. The highest BCUT2D eigenvalue weighted by molar-refractivity contribution is 7.17. The Hall–Kier alpha value is -1.55. The van der Waals surface area contributed by atoms with Gasteiger partial charge in [-0.3, -0.25) is 4.79 Å². The molecule has 0 saturated heterocycles. The number of hydrogen-bond donors (Lipinski definition) is 1. The van der Waals surface area contributed by atoms with Crippen molar-refractivity contribution in [3.63, 3.8) is 0 Å². The van der Waals surface area contributed by atoms with E-state index in [0.29, 0.717) is 6.42 Å². The van der Waals surface area contributed by atoms with Gasteiger partial charge >= 0.3 is 5.97 Å². The summed E-state index contributed by atoms with van der Waals surface area (Å²) >= 11 is 1.62. The summed E-state index contributed by atoms with van der Waals surface area (Å²) in [7, 11) is 1.64. The number of thiophene rings is 1. The lowest BCUT2D eigenvalue weighted by molar-refractivity contribution is -0.146. The van der Waals surface area contributed by atoms with E-state index in [1.54, 1.807) is 32.3 Å². The maximum absolute atomic E-state index is 11.2. The number of methoxy groups -OCH3 is 1. The molecule has 3 nitrogen and oxygen atoms in total. The summed E-state index contributed by atoms with van der Waals surface area (Å²) in [4.78, 5) is 11.2. The number of fused-ring (bicyclic) bond motifs is 1. The molecule has 18 heavy (non-hydrogen) atoms. The maximum Gasteiger partial charge on any atom is 0.309 e. The van der Waals surface area contributed by atoms with Crippen molar-refractivity contribution in [2.24, 2.45) is 5.41 Å². The first-order valence-corrected chi connectivity index (χ1v) is 6.60. The summed E-state index contributed by atoms with van der Waals surface area (Å²) in [5.41, 5.74) is 0.273. The van der Waals surface area contributed by atoms with Gasteiger partial charge in [-0.1, -0.05) is 6.07 Å². The lowest BCUT2D eigenvalue weighted by Crippen LogP contribution is -2.26. The van der Waals surface area contributed by atoms with Crippen LogP contribution in [0.1, 0.15) is 19.4 Å². The summed E-state index contributed by atoms with van der Waals surface area (Å²) in [5.74, 6) is 0.0293. The molecule has 0 unspecified atom stereocenters. The molecule has 0 amide bonds. The molecule has 2 rings (SSSR count). The largest absolute Gasteiger partial charge is 0.496 e. The molecule has 0 saturated carbocycles. The maximum atomic E-state index is 11.2. The van der Waals surface area contributed by atoms with Gasteiger partial charge in [-0.25, -0.2) is 0 Å². The van der Waals surface area contributed by atoms with Crippen LogP contribution in [0, 0.1) is 5.41 Å². The van der Waals surface area contributed by atoms with E-state index in [4.69, 9.17) is 4.74 Å². The number of rotatable bonds is 4. The normalized spacial score (nSPS) is 11.7.